The van der Waals surface area contributed by atoms with Gasteiger partial charge in [0.05, 0.1) is 29.8 Å². The summed E-state index contributed by atoms with van der Waals surface area (Å²) in [6.45, 7) is -0.626. The second kappa shape index (κ2) is 5.70. The fourth-order valence-electron chi connectivity index (χ4n) is 1.06. The number of benzene rings is 1. The van der Waals surface area contributed by atoms with Gasteiger partial charge < -0.3 is 15.5 Å². The van der Waals surface area contributed by atoms with Crippen LogP contribution in [0.25, 0.3) is 0 Å². The van der Waals surface area contributed by atoms with Crippen LogP contribution < -0.4 is 5.32 Å². The molecular weight excluding hydrogens is 218 g/mol. The van der Waals surface area contributed by atoms with Gasteiger partial charge in [-0.25, -0.2) is 0 Å². The van der Waals surface area contributed by atoms with Gasteiger partial charge in [-0.05, 0) is 12.1 Å². The maximum absolute atomic E-state index is 11.6. The summed E-state index contributed by atoms with van der Waals surface area (Å²) < 4.78 is 0. The first-order valence-corrected chi connectivity index (χ1v) is 4.84. The zero-order valence-electron chi connectivity index (χ0n) is 7.98. The molecule has 0 bridgehead atoms. The van der Waals surface area contributed by atoms with E-state index >= 15 is 0 Å². The lowest BCUT2D eigenvalue weighted by atomic mass is 10.2. The lowest BCUT2D eigenvalue weighted by Gasteiger charge is -2.13. The van der Waals surface area contributed by atoms with E-state index in [2.05, 4.69) is 5.32 Å². The van der Waals surface area contributed by atoms with Gasteiger partial charge in [-0.3, -0.25) is 4.79 Å². The topological polar surface area (TPSA) is 69.6 Å². The van der Waals surface area contributed by atoms with Crippen molar-refractivity contribution in [2.24, 2.45) is 0 Å². The van der Waals surface area contributed by atoms with Crippen LogP contribution in [0.15, 0.2) is 24.3 Å². The second-order valence-electron chi connectivity index (χ2n) is 3.02. The van der Waals surface area contributed by atoms with Crippen LogP contribution in [0.4, 0.5) is 0 Å². The quantitative estimate of drug-likeness (QED) is 0.701. The third-order valence-electron chi connectivity index (χ3n) is 1.89. The standard InChI is InChI=1S/C10H12ClNO3/c11-9-4-2-1-3-8(9)10(15)12-7(5-13)6-14/h1-4,7,13-14H,5-6H2,(H,12,15). The molecule has 0 saturated heterocycles. The largest absolute Gasteiger partial charge is 0.394 e. The van der Waals surface area contributed by atoms with Crippen LogP contribution in [0.5, 0.6) is 0 Å². The van der Waals surface area contributed by atoms with Gasteiger partial charge in [-0.15, -0.1) is 0 Å². The molecule has 5 heteroatoms. The molecule has 1 aromatic rings. The Kier molecular flexibility index (Phi) is 4.55. The van der Waals surface area contributed by atoms with Gasteiger partial charge in [-0.2, -0.15) is 0 Å². The smallest absolute Gasteiger partial charge is 0.253 e. The summed E-state index contributed by atoms with van der Waals surface area (Å²) in [6, 6.07) is 5.92. The molecule has 0 aliphatic rings. The van der Waals surface area contributed by atoms with Crippen molar-refractivity contribution in [3.05, 3.63) is 34.9 Å². The highest BCUT2D eigenvalue weighted by molar-refractivity contribution is 6.33. The number of hydrogen-bond acceptors (Lipinski definition) is 3. The molecule has 0 aliphatic carbocycles. The highest BCUT2D eigenvalue weighted by Crippen LogP contribution is 2.14. The molecular formula is C10H12ClNO3. The fourth-order valence-corrected chi connectivity index (χ4v) is 1.28. The molecule has 82 valence electrons. The van der Waals surface area contributed by atoms with Crippen molar-refractivity contribution in [3.63, 3.8) is 0 Å². The summed E-state index contributed by atoms with van der Waals surface area (Å²) in [7, 11) is 0. The maximum Gasteiger partial charge on any atom is 0.253 e. The predicted molar refractivity (Wildman–Crippen MR) is 56.9 cm³/mol. The Labute approximate surface area is 92.5 Å². The summed E-state index contributed by atoms with van der Waals surface area (Å²) in [5.74, 6) is -0.409. The Balaban J connectivity index is 2.73. The first-order chi connectivity index (χ1) is 7.19. The monoisotopic (exact) mass is 229 g/mol. The van der Waals surface area contributed by atoms with E-state index < -0.39 is 11.9 Å². The minimum absolute atomic E-state index is 0.313. The first-order valence-electron chi connectivity index (χ1n) is 4.46. The maximum atomic E-state index is 11.6. The number of nitrogens with one attached hydrogen (secondary N) is 1. The van der Waals surface area contributed by atoms with Crippen LogP contribution in [-0.4, -0.2) is 35.4 Å². The van der Waals surface area contributed by atoms with Crippen LogP contribution in [0.2, 0.25) is 5.02 Å². The van der Waals surface area contributed by atoms with Crippen LogP contribution in [-0.2, 0) is 0 Å². The Morgan fingerprint density at radius 2 is 1.93 bits per heavy atom. The Morgan fingerprint density at radius 3 is 2.47 bits per heavy atom. The number of amides is 1. The number of carbonyl (C=O) groups is 1. The lowest BCUT2D eigenvalue weighted by molar-refractivity contribution is 0.0879. The molecule has 3 N–H and O–H groups in total. The second-order valence-corrected chi connectivity index (χ2v) is 3.42. The molecule has 0 aromatic heterocycles. The fraction of sp³-hybridized carbons (Fsp3) is 0.300. The number of aliphatic hydroxyl groups excluding tert-OH is 2. The zero-order chi connectivity index (χ0) is 11.3. The van der Waals surface area contributed by atoms with Crippen molar-refractivity contribution in [3.8, 4) is 0 Å². The molecule has 0 saturated carbocycles. The van der Waals surface area contributed by atoms with Gasteiger partial charge in [0.15, 0.2) is 0 Å². The SMILES string of the molecule is O=C(NC(CO)CO)c1ccccc1Cl. The van der Waals surface area contributed by atoms with Crippen molar-refractivity contribution >= 4 is 17.5 Å². The molecule has 4 nitrogen and oxygen atoms in total. The average molecular weight is 230 g/mol. The molecule has 0 unspecified atom stereocenters. The van der Waals surface area contributed by atoms with Crippen LogP contribution in [0, 0.1) is 0 Å². The average Bonchev–Trinajstić information content (AvgIpc) is 2.26. The first kappa shape index (κ1) is 12.0. The number of carbonyl (C=O) groups excluding carboxylic acids is 1. The van der Waals surface area contributed by atoms with Crippen LogP contribution in [0.1, 0.15) is 10.4 Å². The number of aliphatic hydroxyl groups is 2. The molecule has 0 atom stereocenters. The molecule has 0 spiro atoms. The van der Waals surface area contributed by atoms with E-state index in [0.717, 1.165) is 0 Å². The van der Waals surface area contributed by atoms with Crippen molar-refractivity contribution in [2.45, 2.75) is 6.04 Å². The highest BCUT2D eigenvalue weighted by atomic mass is 35.5. The van der Waals surface area contributed by atoms with Gasteiger partial charge in [0.25, 0.3) is 5.91 Å². The van der Waals surface area contributed by atoms with E-state index in [1.54, 1.807) is 24.3 Å². The Hall–Kier alpha value is -1.10. The third-order valence-corrected chi connectivity index (χ3v) is 2.22. The predicted octanol–water partition coefficient (Wildman–Crippen LogP) is 0.423. The molecule has 0 radical (unpaired) electrons. The zero-order valence-corrected chi connectivity index (χ0v) is 8.74. The molecule has 0 fully saturated rings. The number of rotatable bonds is 4. The normalized spacial score (nSPS) is 10.4. The van der Waals surface area contributed by atoms with E-state index in [9.17, 15) is 4.79 Å². The van der Waals surface area contributed by atoms with Crippen molar-refractivity contribution in [1.82, 2.24) is 5.32 Å². The Bertz CT molecular complexity index is 339. The minimum Gasteiger partial charge on any atom is -0.394 e. The van der Waals surface area contributed by atoms with Crippen LogP contribution in [0.3, 0.4) is 0 Å². The summed E-state index contributed by atoms with van der Waals surface area (Å²) in [5.41, 5.74) is 0.325. The van der Waals surface area contributed by atoms with Gasteiger partial charge in [-0.1, -0.05) is 23.7 Å². The number of halogens is 1. The van der Waals surface area contributed by atoms with Gasteiger partial charge in [0, 0.05) is 0 Å². The van der Waals surface area contributed by atoms with Crippen molar-refractivity contribution in [2.75, 3.05) is 13.2 Å². The number of hydrogen-bond donors (Lipinski definition) is 3. The van der Waals surface area contributed by atoms with Gasteiger partial charge in [0.1, 0.15) is 0 Å². The molecule has 0 aliphatic heterocycles. The summed E-state index contributed by atoms with van der Waals surface area (Å²) in [5, 5.41) is 20.4. The van der Waals surface area contributed by atoms with Crippen LogP contribution >= 0.6 is 11.6 Å². The van der Waals surface area contributed by atoms with Gasteiger partial charge >= 0.3 is 0 Å². The van der Waals surface area contributed by atoms with E-state index in [1.807, 2.05) is 0 Å². The summed E-state index contributed by atoms with van der Waals surface area (Å²) in [4.78, 5) is 11.6. The summed E-state index contributed by atoms with van der Waals surface area (Å²) in [6.07, 6.45) is 0. The lowest BCUT2D eigenvalue weighted by Crippen LogP contribution is -2.40. The highest BCUT2D eigenvalue weighted by Gasteiger charge is 2.13. The van der Waals surface area contributed by atoms with E-state index in [1.165, 1.54) is 0 Å². The molecule has 15 heavy (non-hydrogen) atoms. The molecule has 1 amide bonds. The minimum atomic E-state index is -0.659. The Morgan fingerprint density at radius 1 is 1.33 bits per heavy atom. The molecule has 1 rings (SSSR count). The third kappa shape index (κ3) is 3.20. The van der Waals surface area contributed by atoms with E-state index in [0.29, 0.717) is 10.6 Å². The van der Waals surface area contributed by atoms with E-state index in [4.69, 9.17) is 21.8 Å². The van der Waals surface area contributed by atoms with Crippen molar-refractivity contribution < 1.29 is 15.0 Å². The van der Waals surface area contributed by atoms with E-state index in [-0.39, 0.29) is 13.2 Å². The van der Waals surface area contributed by atoms with Gasteiger partial charge in [0.2, 0.25) is 0 Å². The van der Waals surface area contributed by atoms with Crippen molar-refractivity contribution in [1.29, 1.82) is 0 Å². The molecule has 1 aromatic carbocycles. The summed E-state index contributed by atoms with van der Waals surface area (Å²) >= 11 is 5.80. The molecule has 0 heterocycles.